The molecule has 1 aliphatic rings. The summed E-state index contributed by atoms with van der Waals surface area (Å²) in [4.78, 5) is 12.2. The Hall–Kier alpha value is -1.71. The molecule has 1 amide bonds. The second-order valence-corrected chi connectivity index (χ2v) is 5.47. The summed E-state index contributed by atoms with van der Waals surface area (Å²) in [6.07, 6.45) is 0.969. The Morgan fingerprint density at radius 3 is 2.85 bits per heavy atom. The van der Waals surface area contributed by atoms with E-state index in [4.69, 9.17) is 23.2 Å². The van der Waals surface area contributed by atoms with Crippen molar-refractivity contribution >= 4 is 40.5 Å². The van der Waals surface area contributed by atoms with Gasteiger partial charge in [0.05, 0.1) is 10.6 Å². The molecule has 2 aromatic carbocycles. The summed E-state index contributed by atoms with van der Waals surface area (Å²) >= 11 is 11.9. The number of anilines is 2. The van der Waals surface area contributed by atoms with Crippen LogP contribution in [-0.2, 0) is 6.42 Å². The molecule has 2 aromatic rings. The van der Waals surface area contributed by atoms with Crippen LogP contribution in [0.2, 0.25) is 10.0 Å². The van der Waals surface area contributed by atoms with Crippen molar-refractivity contribution in [3.8, 4) is 0 Å². The zero-order valence-corrected chi connectivity index (χ0v) is 12.1. The molecule has 0 saturated heterocycles. The fraction of sp³-hybridized carbons (Fsp3) is 0.133. The van der Waals surface area contributed by atoms with Crippen molar-refractivity contribution in [1.29, 1.82) is 0 Å². The van der Waals surface area contributed by atoms with Crippen LogP contribution in [0.4, 0.5) is 11.4 Å². The molecule has 1 heterocycles. The van der Waals surface area contributed by atoms with Crippen LogP contribution in [0.1, 0.15) is 15.9 Å². The van der Waals surface area contributed by atoms with E-state index >= 15 is 0 Å². The van der Waals surface area contributed by atoms with Crippen molar-refractivity contribution in [3.63, 3.8) is 0 Å². The number of carbonyl (C=O) groups is 1. The van der Waals surface area contributed by atoms with E-state index in [1.165, 1.54) is 5.56 Å². The summed E-state index contributed by atoms with van der Waals surface area (Å²) in [7, 11) is 0. The first-order valence-electron chi connectivity index (χ1n) is 6.27. The minimum Gasteiger partial charge on any atom is -0.384 e. The summed E-state index contributed by atoms with van der Waals surface area (Å²) in [5.74, 6) is -0.261. The van der Waals surface area contributed by atoms with E-state index in [-0.39, 0.29) is 5.91 Å². The first kappa shape index (κ1) is 13.3. The normalized spacial score (nSPS) is 12.7. The highest BCUT2D eigenvalue weighted by Crippen LogP contribution is 2.26. The summed E-state index contributed by atoms with van der Waals surface area (Å²) in [5.41, 5.74) is 3.47. The molecule has 3 nitrogen and oxygen atoms in total. The van der Waals surface area contributed by atoms with E-state index in [0.29, 0.717) is 15.6 Å². The predicted molar refractivity (Wildman–Crippen MR) is 83.1 cm³/mol. The van der Waals surface area contributed by atoms with Crippen molar-refractivity contribution in [1.82, 2.24) is 0 Å². The Kier molecular flexibility index (Phi) is 3.55. The first-order chi connectivity index (χ1) is 9.63. The molecule has 0 saturated carbocycles. The first-order valence-corrected chi connectivity index (χ1v) is 7.02. The average Bonchev–Trinajstić information content (AvgIpc) is 2.89. The van der Waals surface area contributed by atoms with Gasteiger partial charge in [-0.1, -0.05) is 23.2 Å². The van der Waals surface area contributed by atoms with Crippen LogP contribution in [0.25, 0.3) is 0 Å². The zero-order valence-electron chi connectivity index (χ0n) is 10.5. The van der Waals surface area contributed by atoms with Gasteiger partial charge in [0.1, 0.15) is 0 Å². The van der Waals surface area contributed by atoms with Crippen LogP contribution in [0, 0.1) is 0 Å². The standard InChI is InChI=1S/C15H12Cl2N2O/c16-10-1-3-13(17)12(8-10)15(20)19-11-2-4-14-9(7-11)5-6-18-14/h1-4,7-8,18H,5-6H2,(H,19,20). The number of nitrogens with one attached hydrogen (secondary N) is 2. The molecule has 0 aliphatic carbocycles. The third-order valence-corrected chi connectivity index (χ3v) is 3.81. The van der Waals surface area contributed by atoms with Gasteiger partial charge in [-0.2, -0.15) is 0 Å². The topological polar surface area (TPSA) is 41.1 Å². The molecule has 0 fully saturated rings. The van der Waals surface area contributed by atoms with Crippen LogP contribution < -0.4 is 10.6 Å². The molecule has 0 bridgehead atoms. The van der Waals surface area contributed by atoms with E-state index < -0.39 is 0 Å². The predicted octanol–water partition coefficient (Wildman–Crippen LogP) is 4.21. The van der Waals surface area contributed by atoms with Gasteiger partial charge in [-0.15, -0.1) is 0 Å². The minimum absolute atomic E-state index is 0.261. The Morgan fingerprint density at radius 2 is 2.00 bits per heavy atom. The zero-order chi connectivity index (χ0) is 14.1. The van der Waals surface area contributed by atoms with Gasteiger partial charge in [0, 0.05) is 22.9 Å². The highest BCUT2D eigenvalue weighted by atomic mass is 35.5. The average molecular weight is 307 g/mol. The van der Waals surface area contributed by atoms with Gasteiger partial charge in [-0.3, -0.25) is 4.79 Å². The van der Waals surface area contributed by atoms with Gasteiger partial charge >= 0.3 is 0 Å². The lowest BCUT2D eigenvalue weighted by Crippen LogP contribution is -2.12. The maximum Gasteiger partial charge on any atom is 0.257 e. The molecule has 5 heteroatoms. The van der Waals surface area contributed by atoms with Crippen molar-refractivity contribution in [3.05, 3.63) is 57.6 Å². The van der Waals surface area contributed by atoms with Gasteiger partial charge in [-0.25, -0.2) is 0 Å². The number of halogens is 2. The molecule has 3 rings (SSSR count). The summed E-state index contributed by atoms with van der Waals surface area (Å²) in [5, 5.41) is 6.99. The highest BCUT2D eigenvalue weighted by Gasteiger charge is 2.14. The largest absolute Gasteiger partial charge is 0.384 e. The maximum atomic E-state index is 12.2. The third-order valence-electron chi connectivity index (χ3n) is 3.25. The van der Waals surface area contributed by atoms with Crippen LogP contribution >= 0.6 is 23.2 Å². The van der Waals surface area contributed by atoms with E-state index in [1.54, 1.807) is 18.2 Å². The van der Waals surface area contributed by atoms with Gasteiger partial charge in [0.25, 0.3) is 5.91 Å². The lowest BCUT2D eigenvalue weighted by Gasteiger charge is -2.09. The maximum absolute atomic E-state index is 12.2. The van der Waals surface area contributed by atoms with Crippen molar-refractivity contribution in [2.24, 2.45) is 0 Å². The number of fused-ring (bicyclic) bond motifs is 1. The van der Waals surface area contributed by atoms with Gasteiger partial charge < -0.3 is 10.6 Å². The molecule has 20 heavy (non-hydrogen) atoms. The summed E-state index contributed by atoms with van der Waals surface area (Å²) in [6, 6.07) is 10.7. The van der Waals surface area contributed by atoms with Gasteiger partial charge in [0.15, 0.2) is 0 Å². The molecule has 1 aliphatic heterocycles. The summed E-state index contributed by atoms with van der Waals surface area (Å²) in [6.45, 7) is 0.937. The second kappa shape index (κ2) is 5.35. The van der Waals surface area contributed by atoms with Crippen LogP contribution in [0.5, 0.6) is 0 Å². The fourth-order valence-electron chi connectivity index (χ4n) is 2.25. The van der Waals surface area contributed by atoms with Crippen molar-refractivity contribution < 1.29 is 4.79 Å². The summed E-state index contributed by atoms with van der Waals surface area (Å²) < 4.78 is 0. The SMILES string of the molecule is O=C(Nc1ccc2c(c1)CCN2)c1cc(Cl)ccc1Cl. The highest BCUT2D eigenvalue weighted by molar-refractivity contribution is 6.36. The molecule has 2 N–H and O–H groups in total. The van der Waals surface area contributed by atoms with Crippen LogP contribution in [0.3, 0.4) is 0 Å². The molecule has 0 aromatic heterocycles. The van der Waals surface area contributed by atoms with E-state index in [2.05, 4.69) is 10.6 Å². The Balaban J connectivity index is 1.84. The number of hydrogen-bond donors (Lipinski definition) is 2. The Morgan fingerprint density at radius 1 is 1.15 bits per heavy atom. The molecule has 102 valence electrons. The number of hydrogen-bond acceptors (Lipinski definition) is 2. The lowest BCUT2D eigenvalue weighted by molar-refractivity contribution is 0.102. The van der Waals surface area contributed by atoms with E-state index in [0.717, 1.165) is 24.3 Å². The minimum atomic E-state index is -0.261. The fourth-order valence-corrected chi connectivity index (χ4v) is 2.63. The quantitative estimate of drug-likeness (QED) is 0.872. The number of rotatable bonds is 2. The van der Waals surface area contributed by atoms with E-state index in [1.807, 2.05) is 18.2 Å². The molecule has 0 atom stereocenters. The number of benzene rings is 2. The van der Waals surface area contributed by atoms with Gasteiger partial charge in [-0.05, 0) is 48.4 Å². The lowest BCUT2D eigenvalue weighted by atomic mass is 10.1. The molecule has 0 unspecified atom stereocenters. The number of amides is 1. The molecular weight excluding hydrogens is 295 g/mol. The Bertz CT molecular complexity index is 686. The van der Waals surface area contributed by atoms with Crippen molar-refractivity contribution in [2.75, 3.05) is 17.2 Å². The second-order valence-electron chi connectivity index (χ2n) is 4.63. The smallest absolute Gasteiger partial charge is 0.257 e. The van der Waals surface area contributed by atoms with Crippen LogP contribution in [-0.4, -0.2) is 12.5 Å². The Labute approximate surface area is 126 Å². The number of carbonyl (C=O) groups excluding carboxylic acids is 1. The van der Waals surface area contributed by atoms with E-state index in [9.17, 15) is 4.79 Å². The monoisotopic (exact) mass is 306 g/mol. The van der Waals surface area contributed by atoms with Crippen molar-refractivity contribution in [2.45, 2.75) is 6.42 Å². The third kappa shape index (κ3) is 2.60. The van der Waals surface area contributed by atoms with Gasteiger partial charge in [0.2, 0.25) is 0 Å². The molecule has 0 radical (unpaired) electrons. The molecule has 0 spiro atoms. The van der Waals surface area contributed by atoms with Crippen LogP contribution in [0.15, 0.2) is 36.4 Å². The molecular formula is C15H12Cl2N2O.